The summed E-state index contributed by atoms with van der Waals surface area (Å²) >= 11 is 1.54. The minimum Gasteiger partial charge on any atom is -0.481 e. The van der Waals surface area contributed by atoms with Crippen molar-refractivity contribution in [3.05, 3.63) is 62.5 Å². The van der Waals surface area contributed by atoms with E-state index in [0.29, 0.717) is 11.4 Å². The van der Waals surface area contributed by atoms with E-state index in [9.17, 15) is 9.59 Å². The lowest BCUT2D eigenvalue weighted by molar-refractivity contribution is -0.127. The van der Waals surface area contributed by atoms with Crippen LogP contribution in [0.5, 0.6) is 5.75 Å². The summed E-state index contributed by atoms with van der Waals surface area (Å²) < 4.78 is 7.17. The third kappa shape index (κ3) is 4.94. The topological polar surface area (TPSA) is 86.1 Å². The fraction of sp³-hybridized carbons (Fsp3) is 0.364. The summed E-state index contributed by atoms with van der Waals surface area (Å²) in [6, 6.07) is 8.95. The summed E-state index contributed by atoms with van der Waals surface area (Å²) in [6.45, 7) is 10.1. The Morgan fingerprint density at radius 3 is 2.67 bits per heavy atom. The summed E-state index contributed by atoms with van der Waals surface area (Å²) in [5.74, 6) is 0.451. The van der Waals surface area contributed by atoms with Crippen LogP contribution in [-0.4, -0.2) is 33.3 Å². The minimum atomic E-state index is -0.649. The van der Waals surface area contributed by atoms with Gasteiger partial charge in [0.05, 0.1) is 22.1 Å². The molecule has 1 unspecified atom stereocenters. The summed E-state index contributed by atoms with van der Waals surface area (Å²) in [6.07, 6.45) is -0.649. The number of nitrogens with zero attached hydrogens (tertiary/aromatic N) is 3. The molecule has 8 heteroatoms. The van der Waals surface area contributed by atoms with Crippen molar-refractivity contribution in [1.29, 1.82) is 0 Å². The van der Waals surface area contributed by atoms with Crippen molar-refractivity contribution >= 4 is 17.2 Å². The van der Waals surface area contributed by atoms with Gasteiger partial charge in [-0.05, 0) is 57.9 Å². The highest BCUT2D eigenvalue weighted by atomic mass is 32.1. The smallest absolute Gasteiger partial charge is 0.266 e. The lowest BCUT2D eigenvalue weighted by Crippen LogP contribution is -2.39. The SMILES string of the molecule is Cc1nc(C)c(-c2ccc(=O)n(CCNC(=O)C(C)Oc3cccc(C)c3C)n2)s1. The minimum absolute atomic E-state index is 0.216. The predicted molar refractivity (Wildman–Crippen MR) is 118 cm³/mol. The Hall–Kier alpha value is -3.00. The Bertz CT molecular complexity index is 1120. The molecule has 2 aromatic heterocycles. The molecule has 7 nitrogen and oxygen atoms in total. The number of benzene rings is 1. The number of nitrogens with one attached hydrogen (secondary N) is 1. The van der Waals surface area contributed by atoms with Gasteiger partial charge >= 0.3 is 0 Å². The van der Waals surface area contributed by atoms with Crippen LogP contribution in [0.15, 0.2) is 35.1 Å². The molecule has 30 heavy (non-hydrogen) atoms. The van der Waals surface area contributed by atoms with E-state index in [4.69, 9.17) is 4.74 Å². The molecule has 0 aliphatic carbocycles. The van der Waals surface area contributed by atoms with E-state index in [0.717, 1.165) is 26.7 Å². The van der Waals surface area contributed by atoms with Crippen molar-refractivity contribution < 1.29 is 9.53 Å². The summed E-state index contributed by atoms with van der Waals surface area (Å²) in [5, 5.41) is 8.20. The number of carbonyl (C=O) groups excluding carboxylic acids is 1. The molecule has 1 atom stereocenters. The molecule has 3 aromatic rings. The molecule has 0 spiro atoms. The van der Waals surface area contributed by atoms with Gasteiger partial charge in [-0.2, -0.15) is 5.10 Å². The van der Waals surface area contributed by atoms with Crippen molar-refractivity contribution in [1.82, 2.24) is 20.1 Å². The third-order valence-corrected chi connectivity index (χ3v) is 5.95. The molecule has 0 fully saturated rings. The first-order chi connectivity index (χ1) is 14.3. The number of thiazole rings is 1. The summed E-state index contributed by atoms with van der Waals surface area (Å²) in [7, 11) is 0. The van der Waals surface area contributed by atoms with Gasteiger partial charge in [0.15, 0.2) is 6.10 Å². The average molecular weight is 427 g/mol. The van der Waals surface area contributed by atoms with Crippen molar-refractivity contribution in [2.24, 2.45) is 0 Å². The van der Waals surface area contributed by atoms with Gasteiger partial charge in [-0.25, -0.2) is 9.67 Å². The Morgan fingerprint density at radius 1 is 1.20 bits per heavy atom. The largest absolute Gasteiger partial charge is 0.481 e. The lowest BCUT2D eigenvalue weighted by atomic mass is 10.1. The number of carbonyl (C=O) groups is 1. The zero-order valence-electron chi connectivity index (χ0n) is 17.9. The quantitative estimate of drug-likeness (QED) is 0.627. The number of amides is 1. The highest BCUT2D eigenvalue weighted by Crippen LogP contribution is 2.27. The molecule has 0 saturated carbocycles. The first-order valence-corrected chi connectivity index (χ1v) is 10.6. The van der Waals surface area contributed by atoms with Gasteiger partial charge in [0.1, 0.15) is 11.4 Å². The van der Waals surface area contributed by atoms with E-state index >= 15 is 0 Å². The van der Waals surface area contributed by atoms with E-state index in [-0.39, 0.29) is 24.6 Å². The van der Waals surface area contributed by atoms with E-state index in [2.05, 4.69) is 15.4 Å². The lowest BCUT2D eigenvalue weighted by Gasteiger charge is -2.17. The maximum atomic E-state index is 12.4. The molecule has 158 valence electrons. The van der Waals surface area contributed by atoms with Gasteiger partial charge in [0, 0.05) is 12.6 Å². The van der Waals surface area contributed by atoms with Crippen molar-refractivity contribution in [2.75, 3.05) is 6.54 Å². The van der Waals surface area contributed by atoms with Gasteiger partial charge in [-0.1, -0.05) is 12.1 Å². The van der Waals surface area contributed by atoms with Crippen molar-refractivity contribution in [3.63, 3.8) is 0 Å². The molecule has 0 aliphatic heterocycles. The molecule has 1 amide bonds. The molecular weight excluding hydrogens is 400 g/mol. The van der Waals surface area contributed by atoms with Crippen LogP contribution >= 0.6 is 11.3 Å². The zero-order valence-corrected chi connectivity index (χ0v) is 18.7. The third-order valence-electron chi connectivity index (χ3n) is 4.85. The standard InChI is InChI=1S/C22H26N4O3S/c1-13-7-6-8-19(14(13)2)29-16(4)22(28)23-11-12-26-20(27)10-9-18(25-26)21-15(3)24-17(5)30-21/h6-10,16H,11-12H2,1-5H3,(H,23,28). The van der Waals surface area contributed by atoms with E-state index in [1.165, 1.54) is 10.7 Å². The van der Waals surface area contributed by atoms with Crippen LogP contribution in [0.2, 0.25) is 0 Å². The van der Waals surface area contributed by atoms with E-state index in [1.54, 1.807) is 24.3 Å². The van der Waals surface area contributed by atoms with Crippen molar-refractivity contribution in [2.45, 2.75) is 47.3 Å². The van der Waals surface area contributed by atoms with Gasteiger partial charge in [0.25, 0.3) is 11.5 Å². The number of hydrogen-bond donors (Lipinski definition) is 1. The van der Waals surface area contributed by atoms with Gasteiger partial charge < -0.3 is 10.1 Å². The zero-order chi connectivity index (χ0) is 21.8. The molecule has 0 radical (unpaired) electrons. The monoisotopic (exact) mass is 426 g/mol. The van der Waals surface area contributed by atoms with Crippen LogP contribution in [0.3, 0.4) is 0 Å². The first kappa shape index (κ1) is 21.7. The van der Waals surface area contributed by atoms with Crippen LogP contribution in [0.1, 0.15) is 28.8 Å². The second kappa shape index (κ2) is 9.21. The Labute approximate surface area is 179 Å². The van der Waals surface area contributed by atoms with Crippen LogP contribution in [0, 0.1) is 27.7 Å². The van der Waals surface area contributed by atoms with Crippen LogP contribution in [0.25, 0.3) is 10.6 Å². The number of rotatable bonds is 7. The van der Waals surface area contributed by atoms with E-state index < -0.39 is 6.10 Å². The number of aryl methyl sites for hydroxylation is 3. The van der Waals surface area contributed by atoms with Crippen LogP contribution in [0.4, 0.5) is 0 Å². The molecule has 1 N–H and O–H groups in total. The Balaban J connectivity index is 1.61. The molecule has 0 bridgehead atoms. The second-order valence-electron chi connectivity index (χ2n) is 7.18. The first-order valence-electron chi connectivity index (χ1n) is 9.79. The van der Waals surface area contributed by atoms with Crippen LogP contribution < -0.4 is 15.6 Å². The van der Waals surface area contributed by atoms with Gasteiger partial charge in [-0.3, -0.25) is 9.59 Å². The maximum absolute atomic E-state index is 12.4. The molecule has 1 aromatic carbocycles. The maximum Gasteiger partial charge on any atom is 0.266 e. The molecule has 0 aliphatic rings. The fourth-order valence-electron chi connectivity index (χ4n) is 3.02. The molecule has 3 rings (SSSR count). The van der Waals surface area contributed by atoms with E-state index in [1.807, 2.05) is 45.9 Å². The summed E-state index contributed by atoms with van der Waals surface area (Å²) in [5.41, 5.74) is 3.50. The highest BCUT2D eigenvalue weighted by Gasteiger charge is 2.16. The number of aromatic nitrogens is 3. The normalized spacial score (nSPS) is 11.9. The average Bonchev–Trinajstić information content (AvgIpc) is 3.04. The molecule has 2 heterocycles. The predicted octanol–water partition coefficient (Wildman–Crippen LogP) is 3.18. The van der Waals surface area contributed by atoms with Gasteiger partial charge in [-0.15, -0.1) is 11.3 Å². The Kier molecular flexibility index (Phi) is 6.66. The van der Waals surface area contributed by atoms with Gasteiger partial charge in [0.2, 0.25) is 0 Å². The number of ether oxygens (including phenoxy) is 1. The highest BCUT2D eigenvalue weighted by molar-refractivity contribution is 7.15. The molecule has 0 saturated heterocycles. The Morgan fingerprint density at radius 2 is 1.97 bits per heavy atom. The van der Waals surface area contributed by atoms with Crippen LogP contribution in [-0.2, 0) is 11.3 Å². The molecular formula is C22H26N4O3S. The second-order valence-corrected chi connectivity index (χ2v) is 8.38. The number of hydrogen-bond acceptors (Lipinski definition) is 6. The van der Waals surface area contributed by atoms with Crippen molar-refractivity contribution in [3.8, 4) is 16.3 Å². The summed E-state index contributed by atoms with van der Waals surface area (Å²) in [4.78, 5) is 29.9. The fourth-order valence-corrected chi connectivity index (χ4v) is 3.91.